The summed E-state index contributed by atoms with van der Waals surface area (Å²) in [5, 5.41) is 2.27. The molecule has 3 N–H and O–H groups in total. The molecule has 0 aliphatic rings. The number of hydrogen-bond acceptors (Lipinski definition) is 3. The highest BCUT2D eigenvalue weighted by atomic mass is 79.9. The monoisotopic (exact) mass is 327 g/mol. The molecule has 1 atom stereocenters. The van der Waals surface area contributed by atoms with E-state index in [0.717, 1.165) is 26.4 Å². The molecule has 100 valence electrons. The van der Waals surface area contributed by atoms with Crippen molar-refractivity contribution in [2.75, 3.05) is 0 Å². The van der Waals surface area contributed by atoms with Crippen LogP contribution in [-0.2, 0) is 0 Å². The summed E-state index contributed by atoms with van der Waals surface area (Å²) in [5.41, 5.74) is 5.15. The number of hydrogen-bond donors (Lipinski definition) is 2. The molecule has 0 bridgehead atoms. The maximum Gasteiger partial charge on any atom is 0.0716 e. The maximum atomic E-state index is 5.78. The minimum Gasteiger partial charge on any atom is -0.271 e. The second-order valence-corrected chi connectivity index (χ2v) is 5.51. The van der Waals surface area contributed by atoms with Crippen LogP contribution in [-0.4, -0.2) is 4.98 Å². The molecule has 0 saturated carbocycles. The molecular formula is C16H14BrN3. The van der Waals surface area contributed by atoms with Crippen LogP contribution >= 0.6 is 15.9 Å². The van der Waals surface area contributed by atoms with Crippen molar-refractivity contribution in [3.8, 4) is 0 Å². The standard InChI is InChI=1S/C16H14BrN3/c17-13-6-4-12(5-7-13)16(20-18)14-3-1-2-11-8-9-19-10-15(11)14/h1-10,16,20H,18H2. The Bertz CT molecular complexity index is 720. The number of benzene rings is 2. The maximum absolute atomic E-state index is 5.78. The molecule has 4 heteroatoms. The zero-order valence-electron chi connectivity index (χ0n) is 10.8. The van der Waals surface area contributed by atoms with Crippen LogP contribution in [0.1, 0.15) is 17.2 Å². The lowest BCUT2D eigenvalue weighted by Gasteiger charge is -2.19. The molecule has 3 nitrogen and oxygen atoms in total. The van der Waals surface area contributed by atoms with Gasteiger partial charge in [-0.25, -0.2) is 5.43 Å². The molecule has 0 fully saturated rings. The topological polar surface area (TPSA) is 50.9 Å². The molecule has 0 amide bonds. The summed E-state index contributed by atoms with van der Waals surface area (Å²) in [4.78, 5) is 4.22. The number of halogens is 1. The van der Waals surface area contributed by atoms with E-state index in [9.17, 15) is 0 Å². The van der Waals surface area contributed by atoms with E-state index in [1.807, 2.05) is 30.5 Å². The Hall–Kier alpha value is -1.75. The fourth-order valence-corrected chi connectivity index (χ4v) is 2.67. The van der Waals surface area contributed by atoms with Gasteiger partial charge in [-0.1, -0.05) is 46.3 Å². The molecule has 1 unspecified atom stereocenters. The van der Waals surface area contributed by atoms with Crippen LogP contribution in [0.3, 0.4) is 0 Å². The Balaban J connectivity index is 2.14. The van der Waals surface area contributed by atoms with Crippen LogP contribution in [0.25, 0.3) is 10.8 Å². The van der Waals surface area contributed by atoms with Crippen LogP contribution in [0.15, 0.2) is 65.4 Å². The smallest absolute Gasteiger partial charge is 0.0716 e. The minimum atomic E-state index is -0.0593. The van der Waals surface area contributed by atoms with Crippen molar-refractivity contribution in [3.63, 3.8) is 0 Å². The predicted octanol–water partition coefficient (Wildman–Crippen LogP) is 3.55. The average Bonchev–Trinajstić information content (AvgIpc) is 2.50. The van der Waals surface area contributed by atoms with Gasteiger partial charge < -0.3 is 0 Å². The zero-order valence-corrected chi connectivity index (χ0v) is 12.3. The lowest BCUT2D eigenvalue weighted by molar-refractivity contribution is 0.641. The van der Waals surface area contributed by atoms with Crippen LogP contribution in [0.5, 0.6) is 0 Å². The number of pyridine rings is 1. The molecule has 0 radical (unpaired) electrons. The van der Waals surface area contributed by atoms with Gasteiger partial charge in [-0.2, -0.15) is 0 Å². The summed E-state index contributed by atoms with van der Waals surface area (Å²) in [7, 11) is 0. The summed E-state index contributed by atoms with van der Waals surface area (Å²) >= 11 is 3.45. The molecule has 1 heterocycles. The van der Waals surface area contributed by atoms with Crippen molar-refractivity contribution in [1.29, 1.82) is 0 Å². The molecular weight excluding hydrogens is 314 g/mol. The van der Waals surface area contributed by atoms with Gasteiger partial charge in [0.25, 0.3) is 0 Å². The van der Waals surface area contributed by atoms with E-state index in [-0.39, 0.29) is 6.04 Å². The third-order valence-electron chi connectivity index (χ3n) is 3.40. The van der Waals surface area contributed by atoms with E-state index in [4.69, 9.17) is 5.84 Å². The molecule has 0 spiro atoms. The second-order valence-electron chi connectivity index (χ2n) is 4.60. The molecule has 0 saturated heterocycles. The highest BCUT2D eigenvalue weighted by Crippen LogP contribution is 2.28. The summed E-state index contributed by atoms with van der Waals surface area (Å²) in [6.45, 7) is 0. The van der Waals surface area contributed by atoms with Gasteiger partial charge in [-0.05, 0) is 34.7 Å². The largest absolute Gasteiger partial charge is 0.271 e. The van der Waals surface area contributed by atoms with Crippen molar-refractivity contribution >= 4 is 26.7 Å². The molecule has 0 aliphatic heterocycles. The van der Waals surface area contributed by atoms with Gasteiger partial charge in [0, 0.05) is 22.3 Å². The number of nitrogens with zero attached hydrogens (tertiary/aromatic N) is 1. The number of hydrazine groups is 1. The Morgan fingerprint density at radius 2 is 1.85 bits per heavy atom. The molecule has 3 aromatic rings. The van der Waals surface area contributed by atoms with Crippen molar-refractivity contribution in [3.05, 3.63) is 76.5 Å². The molecule has 20 heavy (non-hydrogen) atoms. The van der Waals surface area contributed by atoms with Crippen molar-refractivity contribution in [1.82, 2.24) is 10.4 Å². The fourth-order valence-electron chi connectivity index (χ4n) is 2.41. The van der Waals surface area contributed by atoms with Crippen LogP contribution in [0.2, 0.25) is 0 Å². The predicted molar refractivity (Wildman–Crippen MR) is 85.1 cm³/mol. The van der Waals surface area contributed by atoms with Crippen molar-refractivity contribution in [2.45, 2.75) is 6.04 Å². The SMILES string of the molecule is NNC(c1ccc(Br)cc1)c1cccc2ccncc12. The summed E-state index contributed by atoms with van der Waals surface area (Å²) in [6, 6.07) is 16.3. The fraction of sp³-hybridized carbons (Fsp3) is 0.0625. The Kier molecular flexibility index (Phi) is 3.78. The Labute approximate surface area is 125 Å². The number of rotatable bonds is 3. The van der Waals surface area contributed by atoms with Crippen molar-refractivity contribution in [2.24, 2.45) is 5.84 Å². The first kappa shape index (κ1) is 13.2. The van der Waals surface area contributed by atoms with Gasteiger partial charge in [-0.15, -0.1) is 0 Å². The molecule has 1 aromatic heterocycles. The van der Waals surface area contributed by atoms with Gasteiger partial charge in [0.15, 0.2) is 0 Å². The van der Waals surface area contributed by atoms with E-state index in [2.05, 4.69) is 50.6 Å². The lowest BCUT2D eigenvalue weighted by Crippen LogP contribution is -2.29. The number of nitrogens with one attached hydrogen (secondary N) is 1. The quantitative estimate of drug-likeness (QED) is 0.571. The zero-order chi connectivity index (χ0) is 13.9. The van der Waals surface area contributed by atoms with E-state index >= 15 is 0 Å². The normalized spacial score (nSPS) is 12.5. The first-order valence-electron chi connectivity index (χ1n) is 6.34. The van der Waals surface area contributed by atoms with Gasteiger partial charge in [0.05, 0.1) is 6.04 Å². The number of nitrogens with two attached hydrogens (primary N) is 1. The Morgan fingerprint density at radius 3 is 2.60 bits per heavy atom. The minimum absolute atomic E-state index is 0.0593. The molecule has 3 rings (SSSR count). The first-order chi connectivity index (χ1) is 9.79. The third kappa shape index (κ3) is 2.45. The Morgan fingerprint density at radius 1 is 1.05 bits per heavy atom. The third-order valence-corrected chi connectivity index (χ3v) is 3.93. The number of aromatic nitrogens is 1. The van der Waals surface area contributed by atoms with Gasteiger partial charge in [0.2, 0.25) is 0 Å². The highest BCUT2D eigenvalue weighted by Gasteiger charge is 2.14. The van der Waals surface area contributed by atoms with Crippen molar-refractivity contribution < 1.29 is 0 Å². The lowest BCUT2D eigenvalue weighted by atomic mass is 9.95. The summed E-state index contributed by atoms with van der Waals surface area (Å²) in [6.07, 6.45) is 3.69. The first-order valence-corrected chi connectivity index (χ1v) is 7.13. The van der Waals surface area contributed by atoms with E-state index in [0.29, 0.717) is 0 Å². The van der Waals surface area contributed by atoms with Crippen LogP contribution in [0, 0.1) is 0 Å². The van der Waals surface area contributed by atoms with E-state index in [1.165, 1.54) is 0 Å². The summed E-state index contributed by atoms with van der Waals surface area (Å²) < 4.78 is 1.05. The van der Waals surface area contributed by atoms with E-state index < -0.39 is 0 Å². The van der Waals surface area contributed by atoms with Gasteiger partial charge in [0.1, 0.15) is 0 Å². The van der Waals surface area contributed by atoms with Crippen LogP contribution < -0.4 is 11.3 Å². The van der Waals surface area contributed by atoms with Crippen LogP contribution in [0.4, 0.5) is 0 Å². The number of fused-ring (bicyclic) bond motifs is 1. The van der Waals surface area contributed by atoms with Gasteiger partial charge >= 0.3 is 0 Å². The summed E-state index contributed by atoms with van der Waals surface area (Å²) in [5.74, 6) is 5.78. The molecule has 2 aromatic carbocycles. The van der Waals surface area contributed by atoms with Gasteiger partial charge in [-0.3, -0.25) is 10.8 Å². The average molecular weight is 328 g/mol. The highest BCUT2D eigenvalue weighted by molar-refractivity contribution is 9.10. The second kappa shape index (κ2) is 5.71. The molecule has 0 aliphatic carbocycles. The van der Waals surface area contributed by atoms with E-state index in [1.54, 1.807) is 6.20 Å².